The smallest absolute Gasteiger partial charge is 0.373 e. The molecule has 11 heteroatoms. The number of alkyl halides is 1. The van der Waals surface area contributed by atoms with E-state index >= 15 is 0 Å². The second kappa shape index (κ2) is 48.4. The van der Waals surface area contributed by atoms with Gasteiger partial charge in [0.05, 0.1) is 45.0 Å². The van der Waals surface area contributed by atoms with Crippen LogP contribution in [0.4, 0.5) is 0 Å². The van der Waals surface area contributed by atoms with E-state index in [1.54, 1.807) is 0 Å². The molecule has 0 aliphatic heterocycles. The lowest BCUT2D eigenvalue weighted by Crippen LogP contribution is -2.28. The summed E-state index contributed by atoms with van der Waals surface area (Å²) in [6.45, 7) is 21.8. The largest absolute Gasteiger partial charge is 0.481 e. The average Bonchev–Trinajstić information content (AvgIpc) is 3.32. The first-order valence-electron chi connectivity index (χ1n) is 23.4. The van der Waals surface area contributed by atoms with Crippen LogP contribution in [0.15, 0.2) is 0 Å². The van der Waals surface area contributed by atoms with Gasteiger partial charge >= 0.3 is 30.0 Å². The minimum absolute atomic E-state index is 0.0399. The summed E-state index contributed by atoms with van der Waals surface area (Å²) < 4.78 is 14.2. The Hall–Kier alpha value is -2.26. The summed E-state index contributed by atoms with van der Waals surface area (Å²) in [7, 11) is 4.42. The lowest BCUT2D eigenvalue weighted by molar-refractivity contribution is -0.191. The van der Waals surface area contributed by atoms with Crippen LogP contribution in [0, 0.1) is 47.3 Å². The van der Waals surface area contributed by atoms with Crippen molar-refractivity contribution in [1.82, 2.24) is 0 Å². The minimum atomic E-state index is -0.628. The van der Waals surface area contributed by atoms with Crippen LogP contribution in [0.25, 0.3) is 0 Å². The standard InChI is InChI=1S/C10H17BrO2.2C10H18O2.C9H16O2.4C2H6.CO2/c1-13-10(12)9(7-11)8-5-3-2-4-6-8;2*1-8(10(11)12-2)9-6-4-3-5-7-9;1-7(9(10)11)8-5-3-2-4-6-8;4*1-2;2-1-3/h8-9H,2-7H2,1H3;2*8-9H,3-7H2,1-2H3;7-8H,2-6H2,1H3,(H,10,11);4*1-2H3;/t9-;2*8-;7-;;;;;/m0000...../s1. The number of hydrogen-bond acceptors (Lipinski definition) is 9. The van der Waals surface area contributed by atoms with Crippen LogP contribution in [-0.4, -0.2) is 61.8 Å². The molecular weight excluding hydrogens is 816 g/mol. The second-order valence-electron chi connectivity index (χ2n) is 14.7. The van der Waals surface area contributed by atoms with Crippen molar-refractivity contribution < 1.29 is 48.1 Å². The summed E-state index contributed by atoms with van der Waals surface area (Å²) in [5.41, 5.74) is 0. The zero-order chi connectivity index (χ0) is 46.6. The monoisotopic (exact) mass is 909 g/mol. The maximum atomic E-state index is 11.4. The van der Waals surface area contributed by atoms with Gasteiger partial charge in [0.25, 0.3) is 0 Å². The number of aliphatic carboxylic acids is 1. The van der Waals surface area contributed by atoms with E-state index in [0.29, 0.717) is 23.7 Å². The molecule has 0 unspecified atom stereocenters. The summed E-state index contributed by atoms with van der Waals surface area (Å²) in [6.07, 6.45) is 25.1. The first kappa shape index (κ1) is 65.9. The molecule has 4 fully saturated rings. The highest BCUT2D eigenvalue weighted by atomic mass is 79.9. The normalized spacial score (nSPS) is 18.4. The molecule has 10 nitrogen and oxygen atoms in total. The van der Waals surface area contributed by atoms with Gasteiger partial charge in [-0.1, -0.05) is 169 Å². The van der Waals surface area contributed by atoms with Gasteiger partial charge in [0.15, 0.2) is 0 Å². The molecule has 0 amide bonds. The number of methoxy groups -OCH3 is 3. The number of carbonyl (C=O) groups excluding carboxylic acids is 5. The van der Waals surface area contributed by atoms with Crippen LogP contribution < -0.4 is 0 Å². The van der Waals surface area contributed by atoms with Crippen molar-refractivity contribution in [1.29, 1.82) is 0 Å². The SMILES string of the molecule is CC.CC.CC.CC.COC(=O)[C@@H](C)C1CCCCC1.COC(=O)[C@@H](C)C1CCCCC1.COC(=O)[C@@H](CBr)C1CCCCC1.C[C@H](C(=O)O)C1CCCCC1.O=C=O. The molecule has 0 aromatic carbocycles. The Morgan fingerprint density at radius 3 is 0.898 bits per heavy atom. The Labute approximate surface area is 371 Å². The summed E-state index contributed by atoms with van der Waals surface area (Å²) in [5.74, 6) is 1.54. The van der Waals surface area contributed by atoms with Gasteiger partial charge in [0.1, 0.15) is 0 Å². The molecule has 4 rings (SSSR count). The Bertz CT molecular complexity index is 940. The molecule has 4 aliphatic rings. The number of carbonyl (C=O) groups is 4. The van der Waals surface area contributed by atoms with Crippen LogP contribution in [0.1, 0.15) is 205 Å². The van der Waals surface area contributed by atoms with Gasteiger partial charge in [-0.15, -0.1) is 0 Å². The number of rotatable bonds is 9. The van der Waals surface area contributed by atoms with Gasteiger partial charge < -0.3 is 19.3 Å². The molecule has 59 heavy (non-hydrogen) atoms. The first-order valence-corrected chi connectivity index (χ1v) is 24.6. The van der Waals surface area contributed by atoms with Crippen LogP contribution >= 0.6 is 15.9 Å². The van der Waals surface area contributed by atoms with E-state index in [4.69, 9.17) is 28.9 Å². The molecule has 4 atom stereocenters. The van der Waals surface area contributed by atoms with Crippen LogP contribution in [0.5, 0.6) is 0 Å². The zero-order valence-corrected chi connectivity index (χ0v) is 42.1. The van der Waals surface area contributed by atoms with Crippen molar-refractivity contribution >= 4 is 46.0 Å². The third-order valence-corrected chi connectivity index (χ3v) is 12.2. The van der Waals surface area contributed by atoms with E-state index in [9.17, 15) is 19.2 Å². The topological polar surface area (TPSA) is 150 Å². The van der Waals surface area contributed by atoms with E-state index in [2.05, 4.69) is 15.9 Å². The number of ether oxygens (including phenoxy) is 3. The number of halogens is 1. The second-order valence-corrected chi connectivity index (χ2v) is 15.4. The van der Waals surface area contributed by atoms with E-state index < -0.39 is 5.97 Å². The van der Waals surface area contributed by atoms with Crippen molar-refractivity contribution in [2.75, 3.05) is 26.7 Å². The Morgan fingerprint density at radius 2 is 0.695 bits per heavy atom. The molecule has 4 saturated carbocycles. The van der Waals surface area contributed by atoms with Gasteiger partial charge in [-0.25, -0.2) is 0 Å². The maximum Gasteiger partial charge on any atom is 0.373 e. The Balaban J connectivity index is -0.000000203. The van der Waals surface area contributed by atoms with E-state index in [-0.39, 0.29) is 47.7 Å². The van der Waals surface area contributed by atoms with Gasteiger partial charge in [0, 0.05) is 5.33 Å². The van der Waals surface area contributed by atoms with Gasteiger partial charge in [-0.05, 0) is 75.0 Å². The predicted octanol–water partition coefficient (Wildman–Crippen LogP) is 13.3. The van der Waals surface area contributed by atoms with Crippen LogP contribution in [0.3, 0.4) is 0 Å². The third-order valence-electron chi connectivity index (χ3n) is 11.5. The molecule has 0 saturated heterocycles. The molecule has 0 radical (unpaired) electrons. The lowest BCUT2D eigenvalue weighted by Gasteiger charge is -2.26. The highest BCUT2D eigenvalue weighted by Crippen LogP contribution is 2.33. The summed E-state index contributed by atoms with van der Waals surface area (Å²) in [5, 5.41) is 9.47. The molecule has 0 spiro atoms. The Kier molecular flexibility index (Phi) is 54.0. The minimum Gasteiger partial charge on any atom is -0.481 e. The zero-order valence-electron chi connectivity index (χ0n) is 40.5. The van der Waals surface area contributed by atoms with Crippen molar-refractivity contribution in [3.8, 4) is 0 Å². The van der Waals surface area contributed by atoms with E-state index in [0.717, 1.165) is 18.2 Å². The number of esters is 3. The molecule has 0 aromatic rings. The third kappa shape index (κ3) is 33.1. The average molecular weight is 910 g/mol. The van der Waals surface area contributed by atoms with Crippen molar-refractivity contribution in [2.24, 2.45) is 47.3 Å². The molecule has 0 aromatic heterocycles. The highest BCUT2D eigenvalue weighted by molar-refractivity contribution is 9.09. The number of carboxylic acid groups (broad SMARTS) is 1. The molecule has 1 N–H and O–H groups in total. The van der Waals surface area contributed by atoms with Crippen LogP contribution in [-0.2, 0) is 43.0 Å². The molecule has 0 heterocycles. The van der Waals surface area contributed by atoms with E-state index in [1.165, 1.54) is 137 Å². The number of carboxylic acids is 1. The highest BCUT2D eigenvalue weighted by Gasteiger charge is 2.30. The van der Waals surface area contributed by atoms with Gasteiger partial charge in [-0.2, -0.15) is 9.59 Å². The predicted molar refractivity (Wildman–Crippen MR) is 245 cm³/mol. The summed E-state index contributed by atoms with van der Waals surface area (Å²) in [4.78, 5) is 60.6. The summed E-state index contributed by atoms with van der Waals surface area (Å²) in [6, 6.07) is 0. The van der Waals surface area contributed by atoms with Gasteiger partial charge in [-0.3, -0.25) is 19.2 Å². The van der Waals surface area contributed by atoms with Crippen molar-refractivity contribution in [3.63, 3.8) is 0 Å². The molecule has 352 valence electrons. The van der Waals surface area contributed by atoms with Crippen LogP contribution in [0.2, 0.25) is 0 Å². The fraction of sp³-hybridized carbons (Fsp3) is 0.896. The quantitative estimate of drug-likeness (QED) is 0.134. The maximum absolute atomic E-state index is 11.4. The molecule has 4 aliphatic carbocycles. The number of hydrogen-bond donors (Lipinski definition) is 1. The summed E-state index contributed by atoms with van der Waals surface area (Å²) >= 11 is 3.39. The van der Waals surface area contributed by atoms with Crippen molar-refractivity contribution in [2.45, 2.75) is 205 Å². The first-order chi connectivity index (χ1) is 28.4. The van der Waals surface area contributed by atoms with E-state index in [1.807, 2.05) is 76.2 Å². The fourth-order valence-electron chi connectivity index (χ4n) is 7.93. The Morgan fingerprint density at radius 1 is 0.475 bits per heavy atom. The lowest BCUT2D eigenvalue weighted by atomic mass is 9.81. The molecular formula is C48H93BrO10. The van der Waals surface area contributed by atoms with Crippen molar-refractivity contribution in [3.05, 3.63) is 0 Å². The fourth-order valence-corrected chi connectivity index (χ4v) is 8.72. The molecule has 0 bridgehead atoms. The van der Waals surface area contributed by atoms with Gasteiger partial charge in [0.2, 0.25) is 0 Å².